The van der Waals surface area contributed by atoms with Gasteiger partial charge in [-0.15, -0.1) is 0 Å². The van der Waals surface area contributed by atoms with Crippen LogP contribution in [-0.2, 0) is 19.1 Å². The van der Waals surface area contributed by atoms with Crippen molar-refractivity contribution in [2.24, 2.45) is 5.92 Å². The number of hydrogen-bond donors (Lipinski definition) is 2. The second kappa shape index (κ2) is 8.51. The van der Waals surface area contributed by atoms with E-state index in [9.17, 15) is 19.2 Å². The second-order valence-corrected chi connectivity index (χ2v) is 7.21. The van der Waals surface area contributed by atoms with Crippen LogP contribution in [0.4, 0.5) is 4.79 Å². The van der Waals surface area contributed by atoms with Crippen LogP contribution in [0.2, 0.25) is 0 Å². The molecule has 26 heavy (non-hydrogen) atoms. The maximum Gasteiger partial charge on any atom is 0.326 e. The maximum atomic E-state index is 12.4. The van der Waals surface area contributed by atoms with Crippen LogP contribution < -0.4 is 10.6 Å². The Bertz CT molecular complexity index is 573. The number of imide groups is 1. The second-order valence-electron chi connectivity index (χ2n) is 7.21. The molecule has 0 unspecified atom stereocenters. The minimum atomic E-state index is -0.953. The lowest BCUT2D eigenvalue weighted by Crippen LogP contribution is -2.46. The number of nitrogens with zero attached hydrogens (tertiary/aromatic N) is 1. The molecule has 2 N–H and O–H groups in total. The van der Waals surface area contributed by atoms with Crippen molar-refractivity contribution in [3.63, 3.8) is 0 Å². The van der Waals surface area contributed by atoms with E-state index >= 15 is 0 Å². The normalized spacial score (nSPS) is 25.0. The topological polar surface area (TPSA) is 105 Å². The lowest BCUT2D eigenvalue weighted by molar-refractivity contribution is -0.151. The summed E-state index contributed by atoms with van der Waals surface area (Å²) >= 11 is 0. The molecule has 0 radical (unpaired) electrons. The predicted molar refractivity (Wildman–Crippen MR) is 94.1 cm³/mol. The van der Waals surface area contributed by atoms with E-state index in [1.807, 2.05) is 0 Å². The first-order chi connectivity index (χ1) is 12.3. The number of urea groups is 1. The van der Waals surface area contributed by atoms with Crippen molar-refractivity contribution in [1.29, 1.82) is 0 Å². The molecule has 0 spiro atoms. The fourth-order valence-electron chi connectivity index (χ4n) is 3.65. The van der Waals surface area contributed by atoms with Gasteiger partial charge in [-0.1, -0.05) is 33.6 Å². The molecule has 4 amide bonds. The summed E-state index contributed by atoms with van der Waals surface area (Å²) in [5.41, 5.74) is -0.953. The van der Waals surface area contributed by atoms with Gasteiger partial charge in [-0.25, -0.2) is 4.79 Å². The molecule has 1 saturated heterocycles. The third-order valence-corrected chi connectivity index (χ3v) is 5.56. The van der Waals surface area contributed by atoms with Crippen LogP contribution in [0, 0.1) is 5.92 Å². The van der Waals surface area contributed by atoms with Gasteiger partial charge >= 0.3 is 12.0 Å². The Hall–Kier alpha value is -2.12. The van der Waals surface area contributed by atoms with Gasteiger partial charge in [0.05, 0.1) is 0 Å². The zero-order chi connectivity index (χ0) is 19.3. The summed E-state index contributed by atoms with van der Waals surface area (Å²) in [5, 5.41) is 5.54. The van der Waals surface area contributed by atoms with Gasteiger partial charge < -0.3 is 15.4 Å². The van der Waals surface area contributed by atoms with Gasteiger partial charge in [0.2, 0.25) is 0 Å². The Morgan fingerprint density at radius 1 is 1.23 bits per heavy atom. The SMILES string of the molecule is CCC1(CC)NC(=O)N(CC(=O)OCC(=O)N[C@H]2CCCC[C@@H]2C)C1=O. The summed E-state index contributed by atoms with van der Waals surface area (Å²) in [6.07, 6.45) is 5.15. The fourth-order valence-corrected chi connectivity index (χ4v) is 3.65. The van der Waals surface area contributed by atoms with E-state index in [1.54, 1.807) is 13.8 Å². The quantitative estimate of drug-likeness (QED) is 0.522. The summed E-state index contributed by atoms with van der Waals surface area (Å²) in [5.74, 6) is -1.15. The van der Waals surface area contributed by atoms with E-state index < -0.39 is 36.6 Å². The Kier molecular flexibility index (Phi) is 6.61. The molecule has 2 atom stereocenters. The van der Waals surface area contributed by atoms with Crippen molar-refractivity contribution in [3.8, 4) is 0 Å². The first-order valence-corrected chi connectivity index (χ1v) is 9.42. The summed E-state index contributed by atoms with van der Waals surface area (Å²) in [7, 11) is 0. The van der Waals surface area contributed by atoms with Crippen LogP contribution in [0.5, 0.6) is 0 Å². The number of hydrogen-bond acceptors (Lipinski definition) is 5. The lowest BCUT2D eigenvalue weighted by Gasteiger charge is -2.29. The average molecular weight is 367 g/mol. The standard InChI is InChI=1S/C18H29N3O5/c1-4-18(5-2)16(24)21(17(25)20-18)10-15(23)26-11-14(22)19-13-9-7-6-8-12(13)3/h12-13H,4-11H2,1-3H3,(H,19,22)(H,20,25)/t12-,13-/m0/s1. The van der Waals surface area contributed by atoms with Crippen LogP contribution in [0.3, 0.4) is 0 Å². The summed E-state index contributed by atoms with van der Waals surface area (Å²) in [6, 6.07) is -0.494. The summed E-state index contributed by atoms with van der Waals surface area (Å²) in [6.45, 7) is 4.82. The van der Waals surface area contributed by atoms with Crippen LogP contribution >= 0.6 is 0 Å². The largest absolute Gasteiger partial charge is 0.454 e. The summed E-state index contributed by atoms with van der Waals surface area (Å²) in [4.78, 5) is 49.2. The molecule has 1 heterocycles. The van der Waals surface area contributed by atoms with Crippen LogP contribution in [0.25, 0.3) is 0 Å². The molecule has 2 fully saturated rings. The monoisotopic (exact) mass is 367 g/mol. The maximum absolute atomic E-state index is 12.4. The van der Waals surface area contributed by atoms with Gasteiger partial charge in [-0.3, -0.25) is 19.3 Å². The molecule has 0 bridgehead atoms. The van der Waals surface area contributed by atoms with Crippen molar-refractivity contribution >= 4 is 23.8 Å². The fraction of sp³-hybridized carbons (Fsp3) is 0.778. The molecule has 1 saturated carbocycles. The Morgan fingerprint density at radius 2 is 1.88 bits per heavy atom. The predicted octanol–water partition coefficient (Wildman–Crippen LogP) is 1.34. The van der Waals surface area contributed by atoms with Crippen molar-refractivity contribution in [2.45, 2.75) is 70.9 Å². The van der Waals surface area contributed by atoms with Crippen LogP contribution in [-0.4, -0.2) is 53.4 Å². The van der Waals surface area contributed by atoms with Crippen LogP contribution in [0.1, 0.15) is 59.3 Å². The first-order valence-electron chi connectivity index (χ1n) is 9.42. The minimum Gasteiger partial charge on any atom is -0.454 e. The van der Waals surface area contributed by atoms with Gasteiger partial charge in [0.15, 0.2) is 6.61 Å². The average Bonchev–Trinajstić information content (AvgIpc) is 2.86. The highest BCUT2D eigenvalue weighted by molar-refractivity contribution is 6.08. The zero-order valence-corrected chi connectivity index (χ0v) is 15.8. The first kappa shape index (κ1) is 20.2. The number of carbonyl (C=O) groups excluding carboxylic acids is 4. The molecule has 146 valence electrons. The molecule has 0 aromatic carbocycles. The van der Waals surface area contributed by atoms with Gasteiger partial charge in [0.25, 0.3) is 11.8 Å². The molecule has 0 aromatic rings. The van der Waals surface area contributed by atoms with E-state index in [4.69, 9.17) is 4.74 Å². The zero-order valence-electron chi connectivity index (χ0n) is 15.8. The number of ether oxygens (including phenoxy) is 1. The van der Waals surface area contributed by atoms with E-state index in [2.05, 4.69) is 17.6 Å². The third kappa shape index (κ3) is 4.34. The molecule has 2 rings (SSSR count). The number of amides is 4. The van der Waals surface area contributed by atoms with Crippen molar-refractivity contribution in [3.05, 3.63) is 0 Å². The Labute approximate surface area is 154 Å². The van der Waals surface area contributed by atoms with E-state index in [0.717, 1.165) is 24.2 Å². The van der Waals surface area contributed by atoms with E-state index in [-0.39, 0.29) is 11.9 Å². The molecule has 0 aromatic heterocycles. The lowest BCUT2D eigenvalue weighted by atomic mass is 9.86. The Balaban J connectivity index is 1.80. The van der Waals surface area contributed by atoms with Crippen LogP contribution in [0.15, 0.2) is 0 Å². The molecule has 1 aliphatic heterocycles. The minimum absolute atomic E-state index is 0.107. The smallest absolute Gasteiger partial charge is 0.326 e. The molecule has 2 aliphatic rings. The van der Waals surface area contributed by atoms with E-state index in [1.165, 1.54) is 6.42 Å². The van der Waals surface area contributed by atoms with Gasteiger partial charge in [0.1, 0.15) is 12.1 Å². The van der Waals surface area contributed by atoms with E-state index in [0.29, 0.717) is 18.8 Å². The third-order valence-electron chi connectivity index (χ3n) is 5.56. The van der Waals surface area contributed by atoms with Gasteiger partial charge in [-0.05, 0) is 31.6 Å². The van der Waals surface area contributed by atoms with Crippen molar-refractivity contribution in [1.82, 2.24) is 15.5 Å². The highest BCUT2D eigenvalue weighted by Gasteiger charge is 2.49. The van der Waals surface area contributed by atoms with Gasteiger partial charge in [-0.2, -0.15) is 0 Å². The molecular weight excluding hydrogens is 338 g/mol. The summed E-state index contributed by atoms with van der Waals surface area (Å²) < 4.78 is 4.95. The van der Waals surface area contributed by atoms with Crippen molar-refractivity contribution in [2.75, 3.05) is 13.2 Å². The highest BCUT2D eigenvalue weighted by Crippen LogP contribution is 2.25. The number of esters is 1. The molecule has 8 heteroatoms. The number of carbonyl (C=O) groups is 4. The molecule has 1 aliphatic carbocycles. The Morgan fingerprint density at radius 3 is 2.46 bits per heavy atom. The number of nitrogens with one attached hydrogen (secondary N) is 2. The molecular formula is C18H29N3O5. The molecule has 8 nitrogen and oxygen atoms in total. The van der Waals surface area contributed by atoms with Crippen molar-refractivity contribution < 1.29 is 23.9 Å². The highest BCUT2D eigenvalue weighted by atomic mass is 16.5. The van der Waals surface area contributed by atoms with Gasteiger partial charge in [0, 0.05) is 6.04 Å². The number of rotatable bonds is 7.